The molecule has 0 aliphatic carbocycles. The van der Waals surface area contributed by atoms with Crippen molar-refractivity contribution in [3.05, 3.63) is 89.3 Å². The minimum absolute atomic E-state index is 0.0582. The van der Waals surface area contributed by atoms with Crippen LogP contribution in [0.4, 0.5) is 23.0 Å². The van der Waals surface area contributed by atoms with Crippen LogP contribution in [0.15, 0.2) is 72.9 Å². The highest BCUT2D eigenvalue weighted by atomic mass is 35.5. The number of hydrogen-bond acceptors (Lipinski definition) is 8. The van der Waals surface area contributed by atoms with Crippen LogP contribution >= 0.6 is 11.6 Å². The average Bonchev–Trinajstić information content (AvgIpc) is 3.30. The number of anilines is 4. The molecule has 5 rings (SSSR count). The molecule has 0 spiro atoms. The Morgan fingerprint density at radius 2 is 1.79 bits per heavy atom. The maximum atomic E-state index is 13.0. The van der Waals surface area contributed by atoms with Crippen LogP contribution in [0, 0.1) is 0 Å². The van der Waals surface area contributed by atoms with E-state index in [2.05, 4.69) is 36.2 Å². The van der Waals surface area contributed by atoms with Crippen LogP contribution in [0.2, 0.25) is 5.02 Å². The van der Waals surface area contributed by atoms with Gasteiger partial charge in [0.15, 0.2) is 17.3 Å². The van der Waals surface area contributed by atoms with Crippen LogP contribution in [0.3, 0.4) is 0 Å². The Morgan fingerprint density at radius 1 is 0.974 bits per heavy atom. The number of carbonyl (C=O) groups excluding carboxylic acids is 2. The Hall–Kier alpha value is -5.03. The van der Waals surface area contributed by atoms with Gasteiger partial charge in [-0.25, -0.2) is 4.98 Å². The number of amides is 2. The second kappa shape index (κ2) is 10.5. The molecule has 38 heavy (non-hydrogen) atoms. The van der Waals surface area contributed by atoms with E-state index in [9.17, 15) is 9.59 Å². The lowest BCUT2D eigenvalue weighted by Crippen LogP contribution is -2.25. The lowest BCUT2D eigenvalue weighted by Gasteiger charge is -2.10. The number of nitrogens with zero attached hydrogens (tertiary/aromatic N) is 5. The molecule has 0 aliphatic heterocycles. The topological polar surface area (TPSA) is 152 Å². The summed E-state index contributed by atoms with van der Waals surface area (Å²) < 4.78 is 1.54. The van der Waals surface area contributed by atoms with E-state index in [-0.39, 0.29) is 23.8 Å². The Labute approximate surface area is 222 Å². The van der Waals surface area contributed by atoms with Crippen LogP contribution in [-0.2, 0) is 11.3 Å². The Morgan fingerprint density at radius 3 is 2.55 bits per heavy atom. The number of nitrogen functional groups attached to an aromatic ring is 1. The molecule has 2 aromatic carbocycles. The lowest BCUT2D eigenvalue weighted by molar-refractivity contribution is -0.114. The molecule has 0 unspecified atom stereocenters. The van der Waals surface area contributed by atoms with Crippen LogP contribution in [0.25, 0.3) is 16.8 Å². The number of carbonyl (C=O) groups is 2. The van der Waals surface area contributed by atoms with Crippen molar-refractivity contribution < 1.29 is 9.59 Å². The summed E-state index contributed by atoms with van der Waals surface area (Å²) in [6.07, 6.45) is 1.59. The second-order valence-electron chi connectivity index (χ2n) is 8.34. The van der Waals surface area contributed by atoms with Gasteiger partial charge >= 0.3 is 0 Å². The predicted octanol–water partition coefficient (Wildman–Crippen LogP) is 4.05. The zero-order valence-corrected chi connectivity index (χ0v) is 20.9. The molecule has 0 saturated carbocycles. The Balaban J connectivity index is 1.31. The molecule has 3 aromatic heterocycles. The number of fused-ring (bicyclic) bond motifs is 1. The van der Waals surface area contributed by atoms with Crippen LogP contribution < -0.4 is 21.7 Å². The normalized spacial score (nSPS) is 10.8. The van der Waals surface area contributed by atoms with Crippen molar-refractivity contribution in [1.82, 2.24) is 30.1 Å². The fourth-order valence-electron chi connectivity index (χ4n) is 3.74. The van der Waals surface area contributed by atoms with Gasteiger partial charge in [-0.3, -0.25) is 9.59 Å². The zero-order valence-electron chi connectivity index (χ0n) is 20.1. The highest BCUT2D eigenvalue weighted by Gasteiger charge is 2.15. The minimum atomic E-state index is -0.420. The number of hydrogen-bond donors (Lipinski definition) is 4. The van der Waals surface area contributed by atoms with Crippen LogP contribution in [0.5, 0.6) is 0 Å². The first kappa shape index (κ1) is 24.7. The molecule has 12 heteroatoms. The van der Waals surface area contributed by atoms with E-state index < -0.39 is 5.91 Å². The third-order valence-electron chi connectivity index (χ3n) is 5.53. The Bertz CT molecular complexity index is 1650. The summed E-state index contributed by atoms with van der Waals surface area (Å²) in [5, 5.41) is 22.1. The van der Waals surface area contributed by atoms with Gasteiger partial charge in [0.1, 0.15) is 5.82 Å². The van der Waals surface area contributed by atoms with Gasteiger partial charge in [0.05, 0.1) is 12.1 Å². The molecule has 5 aromatic rings. The van der Waals surface area contributed by atoms with E-state index >= 15 is 0 Å². The standard InChI is InChI=1S/C26H22ClN9O2/c1-15(37)31-19-7-5-16(6-8-19)17-11-21(25(28)29-13-17)26(38)30-14-24-34-33-23-10-9-22(35-36(23)24)32-20-4-2-3-18(27)12-20/h2-13H,14H2,1H3,(H2,28,29)(H,30,38)(H,31,37)(H,32,35). The van der Waals surface area contributed by atoms with Gasteiger partial charge in [-0.05, 0) is 54.1 Å². The van der Waals surface area contributed by atoms with Crippen molar-refractivity contribution in [3.8, 4) is 11.1 Å². The average molecular weight is 528 g/mol. The summed E-state index contributed by atoms with van der Waals surface area (Å²) in [6, 6.07) is 19.7. The number of rotatable bonds is 7. The van der Waals surface area contributed by atoms with E-state index in [0.29, 0.717) is 33.6 Å². The fraction of sp³-hybridized carbons (Fsp3) is 0.0769. The molecular formula is C26H22ClN9O2. The summed E-state index contributed by atoms with van der Waals surface area (Å²) in [6.45, 7) is 1.50. The molecular weight excluding hydrogens is 506 g/mol. The first-order chi connectivity index (χ1) is 18.4. The monoisotopic (exact) mass is 527 g/mol. The van der Waals surface area contributed by atoms with Gasteiger partial charge in [0, 0.05) is 35.1 Å². The zero-order chi connectivity index (χ0) is 26.6. The molecule has 0 atom stereocenters. The molecule has 11 nitrogen and oxygen atoms in total. The third-order valence-corrected chi connectivity index (χ3v) is 5.77. The van der Waals surface area contributed by atoms with E-state index in [0.717, 1.165) is 11.3 Å². The number of nitrogens with two attached hydrogens (primary N) is 1. The van der Waals surface area contributed by atoms with Gasteiger partial charge in [-0.1, -0.05) is 29.8 Å². The fourth-order valence-corrected chi connectivity index (χ4v) is 3.93. The highest BCUT2D eigenvalue weighted by Crippen LogP contribution is 2.24. The van der Waals surface area contributed by atoms with Crippen molar-refractivity contribution in [2.45, 2.75) is 13.5 Å². The van der Waals surface area contributed by atoms with E-state index in [1.807, 2.05) is 24.3 Å². The van der Waals surface area contributed by atoms with Crippen molar-refractivity contribution in [2.24, 2.45) is 0 Å². The largest absolute Gasteiger partial charge is 0.383 e. The Kier molecular flexibility index (Phi) is 6.83. The highest BCUT2D eigenvalue weighted by molar-refractivity contribution is 6.30. The van der Waals surface area contributed by atoms with E-state index in [1.54, 1.807) is 53.2 Å². The maximum Gasteiger partial charge on any atom is 0.255 e. The number of halogens is 1. The number of pyridine rings is 1. The molecule has 190 valence electrons. The van der Waals surface area contributed by atoms with Gasteiger partial charge in [-0.2, -0.15) is 4.52 Å². The van der Waals surface area contributed by atoms with Crippen molar-refractivity contribution >= 4 is 52.1 Å². The van der Waals surface area contributed by atoms with Crippen molar-refractivity contribution in [3.63, 3.8) is 0 Å². The molecule has 0 aliphatic rings. The van der Waals surface area contributed by atoms with Crippen molar-refractivity contribution in [1.29, 1.82) is 0 Å². The quantitative estimate of drug-likeness (QED) is 0.247. The molecule has 0 saturated heterocycles. The maximum absolute atomic E-state index is 13.0. The molecule has 0 fully saturated rings. The predicted molar refractivity (Wildman–Crippen MR) is 145 cm³/mol. The van der Waals surface area contributed by atoms with Gasteiger partial charge < -0.3 is 21.7 Å². The number of nitrogens with one attached hydrogen (secondary N) is 3. The van der Waals surface area contributed by atoms with E-state index in [4.69, 9.17) is 17.3 Å². The first-order valence-corrected chi connectivity index (χ1v) is 11.9. The summed E-state index contributed by atoms with van der Waals surface area (Å²) in [5.41, 5.74) is 9.71. The van der Waals surface area contributed by atoms with E-state index in [1.165, 1.54) is 6.92 Å². The molecule has 0 bridgehead atoms. The summed E-state index contributed by atoms with van der Waals surface area (Å²) >= 11 is 6.06. The molecule has 2 amide bonds. The summed E-state index contributed by atoms with van der Waals surface area (Å²) in [4.78, 5) is 28.4. The number of benzene rings is 2. The number of aromatic nitrogens is 5. The summed E-state index contributed by atoms with van der Waals surface area (Å²) in [7, 11) is 0. The van der Waals surface area contributed by atoms with Crippen LogP contribution in [0.1, 0.15) is 23.1 Å². The van der Waals surface area contributed by atoms with Gasteiger partial charge in [-0.15, -0.1) is 15.3 Å². The minimum Gasteiger partial charge on any atom is -0.383 e. The van der Waals surface area contributed by atoms with Crippen molar-refractivity contribution in [2.75, 3.05) is 16.4 Å². The molecule has 5 N–H and O–H groups in total. The van der Waals surface area contributed by atoms with Gasteiger partial charge in [0.2, 0.25) is 5.91 Å². The third kappa shape index (κ3) is 5.52. The van der Waals surface area contributed by atoms with Crippen LogP contribution in [-0.4, -0.2) is 36.6 Å². The van der Waals surface area contributed by atoms with Gasteiger partial charge in [0.25, 0.3) is 5.91 Å². The molecule has 0 radical (unpaired) electrons. The second-order valence-corrected chi connectivity index (χ2v) is 8.77. The smallest absolute Gasteiger partial charge is 0.255 e. The SMILES string of the molecule is CC(=O)Nc1ccc(-c2cnc(N)c(C(=O)NCc3nnc4ccc(Nc5cccc(Cl)c5)nn34)c2)cc1. The first-order valence-electron chi connectivity index (χ1n) is 11.5. The lowest BCUT2D eigenvalue weighted by atomic mass is 10.0. The summed E-state index contributed by atoms with van der Waals surface area (Å²) in [5.74, 6) is 0.502. The molecule has 3 heterocycles.